The zero-order chi connectivity index (χ0) is 17.9. The van der Waals surface area contributed by atoms with Crippen molar-refractivity contribution in [2.24, 2.45) is 0 Å². The highest BCUT2D eigenvalue weighted by Crippen LogP contribution is 2.27. The van der Waals surface area contributed by atoms with E-state index < -0.39 is 29.8 Å². The smallest absolute Gasteiger partial charge is 0.435 e. The fraction of sp³-hybridized carbons (Fsp3) is 0.267. The van der Waals surface area contributed by atoms with Gasteiger partial charge in [-0.15, -0.1) is 0 Å². The third-order valence-corrected chi connectivity index (χ3v) is 3.32. The lowest BCUT2D eigenvalue weighted by Gasteiger charge is -2.13. The lowest BCUT2D eigenvalue weighted by Crippen LogP contribution is -2.31. The Balaban J connectivity index is 2.00. The van der Waals surface area contributed by atoms with E-state index in [1.165, 1.54) is 25.1 Å². The minimum atomic E-state index is -4.57. The van der Waals surface area contributed by atoms with E-state index in [0.717, 1.165) is 16.9 Å². The maximum Gasteiger partial charge on any atom is 0.435 e. The second-order valence-electron chi connectivity index (χ2n) is 5.08. The Morgan fingerprint density at radius 1 is 1.33 bits per heavy atom. The van der Waals surface area contributed by atoms with Gasteiger partial charge in [0.05, 0.1) is 5.56 Å². The van der Waals surface area contributed by atoms with Crippen LogP contribution in [0.25, 0.3) is 0 Å². The Morgan fingerprint density at radius 2 is 2.04 bits per heavy atom. The Bertz CT molecular complexity index is 756. The molecule has 0 aliphatic heterocycles. The van der Waals surface area contributed by atoms with Crippen LogP contribution in [-0.4, -0.2) is 26.8 Å². The fourth-order valence-corrected chi connectivity index (χ4v) is 1.98. The molecule has 0 aliphatic carbocycles. The van der Waals surface area contributed by atoms with Crippen LogP contribution < -0.4 is 5.32 Å². The van der Waals surface area contributed by atoms with E-state index in [9.17, 15) is 22.8 Å². The maximum absolute atomic E-state index is 12.5. The molecular formula is C15H14F3N3O3. The molecule has 2 rings (SSSR count). The van der Waals surface area contributed by atoms with Crippen LogP contribution in [0.15, 0.2) is 36.5 Å². The number of nitrogens with zero attached hydrogens (tertiary/aromatic N) is 2. The van der Waals surface area contributed by atoms with E-state index >= 15 is 0 Å². The highest BCUT2D eigenvalue weighted by Gasteiger charge is 2.34. The second kappa shape index (κ2) is 6.73. The van der Waals surface area contributed by atoms with Crippen LogP contribution >= 0.6 is 0 Å². The molecule has 1 heterocycles. The monoisotopic (exact) mass is 341 g/mol. The zero-order valence-corrected chi connectivity index (χ0v) is 12.5. The zero-order valence-electron chi connectivity index (χ0n) is 12.5. The Labute approximate surface area is 134 Å². The van der Waals surface area contributed by atoms with Gasteiger partial charge in [0.15, 0.2) is 5.69 Å². The summed E-state index contributed by atoms with van der Waals surface area (Å²) in [5.41, 5.74) is -0.431. The third-order valence-electron chi connectivity index (χ3n) is 3.32. The summed E-state index contributed by atoms with van der Waals surface area (Å²) in [4.78, 5) is 22.9. The first-order valence-electron chi connectivity index (χ1n) is 6.91. The van der Waals surface area contributed by atoms with Crippen molar-refractivity contribution in [2.75, 3.05) is 0 Å². The first kappa shape index (κ1) is 17.5. The van der Waals surface area contributed by atoms with Gasteiger partial charge < -0.3 is 10.4 Å². The highest BCUT2D eigenvalue weighted by atomic mass is 19.4. The fourth-order valence-electron chi connectivity index (χ4n) is 1.98. The molecule has 0 spiro atoms. The van der Waals surface area contributed by atoms with Crippen molar-refractivity contribution in [3.63, 3.8) is 0 Å². The van der Waals surface area contributed by atoms with Gasteiger partial charge in [0, 0.05) is 12.7 Å². The Morgan fingerprint density at radius 3 is 2.62 bits per heavy atom. The molecule has 0 saturated heterocycles. The summed E-state index contributed by atoms with van der Waals surface area (Å²) in [6, 6.07) is 5.84. The standard InChI is InChI=1S/C15H14F3N3O3/c1-9(21-6-5-12(20-21)15(16,17)18)13(22)19-8-10-3-2-4-11(7-10)14(23)24/h2-7,9H,8H2,1H3,(H,19,22)(H,23,24). The van der Waals surface area contributed by atoms with Crippen LogP contribution in [-0.2, 0) is 17.5 Å². The number of aromatic nitrogens is 2. The van der Waals surface area contributed by atoms with E-state index in [2.05, 4.69) is 10.4 Å². The van der Waals surface area contributed by atoms with Gasteiger partial charge in [-0.2, -0.15) is 18.3 Å². The van der Waals surface area contributed by atoms with Gasteiger partial charge in [0.1, 0.15) is 6.04 Å². The van der Waals surface area contributed by atoms with E-state index in [-0.39, 0.29) is 12.1 Å². The third kappa shape index (κ3) is 4.12. The Hall–Kier alpha value is -2.84. The van der Waals surface area contributed by atoms with Crippen molar-refractivity contribution in [2.45, 2.75) is 25.7 Å². The minimum Gasteiger partial charge on any atom is -0.478 e. The number of halogens is 3. The average Bonchev–Trinajstić information content (AvgIpc) is 3.02. The number of nitrogens with one attached hydrogen (secondary N) is 1. The highest BCUT2D eigenvalue weighted by molar-refractivity contribution is 5.87. The van der Waals surface area contributed by atoms with Crippen molar-refractivity contribution in [1.29, 1.82) is 0 Å². The van der Waals surface area contributed by atoms with Gasteiger partial charge in [0.2, 0.25) is 5.91 Å². The number of rotatable bonds is 5. The molecule has 1 amide bonds. The summed E-state index contributed by atoms with van der Waals surface area (Å²) in [5.74, 6) is -1.62. The van der Waals surface area contributed by atoms with Gasteiger partial charge in [-0.3, -0.25) is 9.48 Å². The molecule has 1 atom stereocenters. The van der Waals surface area contributed by atoms with Gasteiger partial charge in [0.25, 0.3) is 0 Å². The number of carbonyl (C=O) groups is 2. The first-order chi connectivity index (χ1) is 11.2. The minimum absolute atomic E-state index is 0.0533. The number of hydrogen-bond donors (Lipinski definition) is 2. The Kier molecular flexibility index (Phi) is 4.91. The molecule has 0 saturated carbocycles. The van der Waals surface area contributed by atoms with E-state index in [0.29, 0.717) is 5.56 Å². The predicted octanol–water partition coefficient (Wildman–Crippen LogP) is 2.48. The lowest BCUT2D eigenvalue weighted by molar-refractivity contribution is -0.142. The van der Waals surface area contributed by atoms with Crippen LogP contribution in [0.5, 0.6) is 0 Å². The molecular weight excluding hydrogens is 327 g/mol. The van der Waals surface area contributed by atoms with Gasteiger partial charge >= 0.3 is 12.1 Å². The number of carbonyl (C=O) groups excluding carboxylic acids is 1. The predicted molar refractivity (Wildman–Crippen MR) is 77.2 cm³/mol. The van der Waals surface area contributed by atoms with Crippen LogP contribution in [0.4, 0.5) is 13.2 Å². The molecule has 0 bridgehead atoms. The summed E-state index contributed by atoms with van der Waals surface area (Å²) in [7, 11) is 0. The van der Waals surface area contributed by atoms with Crippen LogP contribution in [0, 0.1) is 0 Å². The molecule has 0 fully saturated rings. The van der Waals surface area contributed by atoms with Crippen LogP contribution in [0.3, 0.4) is 0 Å². The average molecular weight is 341 g/mol. The molecule has 128 valence electrons. The summed E-state index contributed by atoms with van der Waals surface area (Å²) in [6.45, 7) is 1.47. The topological polar surface area (TPSA) is 84.2 Å². The summed E-state index contributed by atoms with van der Waals surface area (Å²) in [6.07, 6.45) is -3.49. The molecule has 2 aromatic rings. The van der Waals surface area contributed by atoms with E-state index in [1.54, 1.807) is 6.07 Å². The van der Waals surface area contributed by atoms with Crippen LogP contribution in [0.1, 0.15) is 34.6 Å². The number of carboxylic acids is 1. The number of aromatic carboxylic acids is 1. The van der Waals surface area contributed by atoms with Crippen molar-refractivity contribution < 1.29 is 27.9 Å². The molecule has 0 radical (unpaired) electrons. The first-order valence-corrected chi connectivity index (χ1v) is 6.91. The van der Waals surface area contributed by atoms with E-state index in [4.69, 9.17) is 5.11 Å². The normalized spacial score (nSPS) is 12.7. The number of hydrogen-bond acceptors (Lipinski definition) is 3. The molecule has 9 heteroatoms. The van der Waals surface area contributed by atoms with Gasteiger partial charge in [-0.25, -0.2) is 4.79 Å². The quantitative estimate of drug-likeness (QED) is 0.875. The summed E-state index contributed by atoms with van der Waals surface area (Å²) < 4.78 is 38.5. The lowest BCUT2D eigenvalue weighted by atomic mass is 10.1. The van der Waals surface area contributed by atoms with Crippen molar-refractivity contribution in [3.8, 4) is 0 Å². The van der Waals surface area contributed by atoms with Gasteiger partial charge in [-0.1, -0.05) is 12.1 Å². The second-order valence-corrected chi connectivity index (χ2v) is 5.08. The van der Waals surface area contributed by atoms with Gasteiger partial charge in [-0.05, 0) is 30.7 Å². The molecule has 2 N–H and O–H groups in total. The van der Waals surface area contributed by atoms with Crippen LogP contribution in [0.2, 0.25) is 0 Å². The number of benzene rings is 1. The van der Waals surface area contributed by atoms with Crippen molar-refractivity contribution >= 4 is 11.9 Å². The molecule has 1 unspecified atom stereocenters. The molecule has 1 aromatic heterocycles. The molecule has 6 nitrogen and oxygen atoms in total. The SMILES string of the molecule is CC(C(=O)NCc1cccc(C(=O)O)c1)n1ccc(C(F)(F)F)n1. The molecule has 1 aromatic carbocycles. The molecule has 24 heavy (non-hydrogen) atoms. The van der Waals surface area contributed by atoms with Crippen molar-refractivity contribution in [3.05, 3.63) is 53.3 Å². The number of alkyl halides is 3. The summed E-state index contributed by atoms with van der Waals surface area (Å²) in [5, 5.41) is 14.8. The molecule has 0 aliphatic rings. The van der Waals surface area contributed by atoms with Crippen molar-refractivity contribution in [1.82, 2.24) is 15.1 Å². The number of amides is 1. The largest absolute Gasteiger partial charge is 0.478 e. The maximum atomic E-state index is 12.5. The number of carboxylic acid groups (broad SMARTS) is 1. The summed E-state index contributed by atoms with van der Waals surface area (Å²) >= 11 is 0. The van der Waals surface area contributed by atoms with E-state index in [1.807, 2.05) is 0 Å².